The molecular formula is C14H25N3O. The van der Waals surface area contributed by atoms with E-state index in [-0.39, 0.29) is 17.6 Å². The minimum absolute atomic E-state index is 0.0295. The van der Waals surface area contributed by atoms with Crippen molar-refractivity contribution in [2.24, 2.45) is 11.1 Å². The molecule has 1 heterocycles. The van der Waals surface area contributed by atoms with Crippen LogP contribution in [0.2, 0.25) is 0 Å². The Morgan fingerprint density at radius 2 is 2.00 bits per heavy atom. The molecule has 102 valence electrons. The molecule has 18 heavy (non-hydrogen) atoms. The van der Waals surface area contributed by atoms with Crippen LogP contribution in [-0.2, 0) is 4.74 Å². The maximum Gasteiger partial charge on any atom is 0.157 e. The molecule has 0 fully saturated rings. The highest BCUT2D eigenvalue weighted by Gasteiger charge is 2.29. The number of hydrogen-bond acceptors (Lipinski definition) is 4. The predicted molar refractivity (Wildman–Crippen MR) is 73.2 cm³/mol. The fourth-order valence-corrected chi connectivity index (χ4v) is 1.95. The van der Waals surface area contributed by atoms with Gasteiger partial charge in [0.25, 0.3) is 0 Å². The summed E-state index contributed by atoms with van der Waals surface area (Å²) >= 11 is 0. The SMILES string of the molecule is CCOC(c1ncc([C@H](C)N)c(C)n1)C(C)(C)C. The Hall–Kier alpha value is -1.00. The maximum absolute atomic E-state index is 5.87. The third-order valence-corrected chi connectivity index (χ3v) is 2.88. The van der Waals surface area contributed by atoms with E-state index in [0.717, 1.165) is 17.1 Å². The van der Waals surface area contributed by atoms with Gasteiger partial charge in [-0.25, -0.2) is 9.97 Å². The fraction of sp³-hybridized carbons (Fsp3) is 0.714. The number of hydrogen-bond donors (Lipinski definition) is 1. The van der Waals surface area contributed by atoms with Gasteiger partial charge in [0.2, 0.25) is 0 Å². The summed E-state index contributed by atoms with van der Waals surface area (Å²) in [5.41, 5.74) is 7.77. The number of aryl methyl sites for hydroxylation is 1. The summed E-state index contributed by atoms with van der Waals surface area (Å²) in [5, 5.41) is 0. The minimum Gasteiger partial charge on any atom is -0.370 e. The first-order valence-electron chi connectivity index (χ1n) is 6.48. The maximum atomic E-state index is 5.87. The second kappa shape index (κ2) is 5.76. The molecule has 0 bridgehead atoms. The number of rotatable bonds is 4. The van der Waals surface area contributed by atoms with E-state index in [1.54, 1.807) is 0 Å². The van der Waals surface area contributed by atoms with E-state index >= 15 is 0 Å². The monoisotopic (exact) mass is 251 g/mol. The summed E-state index contributed by atoms with van der Waals surface area (Å²) in [6, 6.07) is -0.0424. The first-order chi connectivity index (χ1) is 8.27. The number of nitrogens with two attached hydrogens (primary N) is 1. The molecule has 1 rings (SSSR count). The van der Waals surface area contributed by atoms with E-state index in [9.17, 15) is 0 Å². The van der Waals surface area contributed by atoms with E-state index < -0.39 is 0 Å². The van der Waals surface area contributed by atoms with Gasteiger partial charge in [0.15, 0.2) is 5.82 Å². The molecule has 1 unspecified atom stereocenters. The van der Waals surface area contributed by atoms with Gasteiger partial charge in [0, 0.05) is 30.1 Å². The lowest BCUT2D eigenvalue weighted by Gasteiger charge is -2.29. The van der Waals surface area contributed by atoms with Crippen LogP contribution in [-0.4, -0.2) is 16.6 Å². The van der Waals surface area contributed by atoms with E-state index in [1.165, 1.54) is 0 Å². The molecule has 0 saturated heterocycles. The highest BCUT2D eigenvalue weighted by Crippen LogP contribution is 2.34. The third-order valence-electron chi connectivity index (χ3n) is 2.88. The predicted octanol–water partition coefficient (Wildman–Crippen LogP) is 2.93. The molecule has 0 radical (unpaired) electrons. The summed E-state index contributed by atoms with van der Waals surface area (Å²) < 4.78 is 5.79. The Kier molecular flexibility index (Phi) is 4.82. The lowest BCUT2D eigenvalue weighted by atomic mass is 9.88. The zero-order valence-corrected chi connectivity index (χ0v) is 12.3. The van der Waals surface area contributed by atoms with E-state index in [1.807, 2.05) is 27.0 Å². The summed E-state index contributed by atoms with van der Waals surface area (Å²) in [6.45, 7) is 12.9. The van der Waals surface area contributed by atoms with Crippen molar-refractivity contribution >= 4 is 0 Å². The molecule has 2 atom stereocenters. The average Bonchev–Trinajstić information content (AvgIpc) is 2.23. The smallest absolute Gasteiger partial charge is 0.157 e. The van der Waals surface area contributed by atoms with Gasteiger partial charge in [-0.1, -0.05) is 20.8 Å². The quantitative estimate of drug-likeness (QED) is 0.893. The Labute approximate surface area is 110 Å². The van der Waals surface area contributed by atoms with Crippen LogP contribution < -0.4 is 5.73 Å². The van der Waals surface area contributed by atoms with E-state index in [0.29, 0.717) is 6.61 Å². The topological polar surface area (TPSA) is 61.0 Å². The summed E-state index contributed by atoms with van der Waals surface area (Å²) in [5.74, 6) is 0.742. The van der Waals surface area contributed by atoms with Gasteiger partial charge in [0.05, 0.1) is 0 Å². The van der Waals surface area contributed by atoms with Gasteiger partial charge in [-0.2, -0.15) is 0 Å². The zero-order chi connectivity index (χ0) is 13.9. The molecular weight excluding hydrogens is 226 g/mol. The van der Waals surface area contributed by atoms with Crippen molar-refractivity contribution in [3.63, 3.8) is 0 Å². The van der Waals surface area contributed by atoms with Crippen molar-refractivity contribution in [3.8, 4) is 0 Å². The van der Waals surface area contributed by atoms with Crippen LogP contribution in [0, 0.1) is 12.3 Å². The second-order valence-electron chi connectivity index (χ2n) is 5.76. The van der Waals surface area contributed by atoms with E-state index in [4.69, 9.17) is 10.5 Å². The van der Waals surface area contributed by atoms with Crippen LogP contribution in [0.15, 0.2) is 6.20 Å². The molecule has 0 aromatic carbocycles. The van der Waals surface area contributed by atoms with Crippen LogP contribution >= 0.6 is 0 Å². The molecule has 2 N–H and O–H groups in total. The highest BCUT2D eigenvalue weighted by molar-refractivity contribution is 5.20. The molecule has 0 saturated carbocycles. The van der Waals surface area contributed by atoms with Crippen molar-refractivity contribution in [1.82, 2.24) is 9.97 Å². The second-order valence-corrected chi connectivity index (χ2v) is 5.76. The largest absolute Gasteiger partial charge is 0.370 e. The average molecular weight is 251 g/mol. The molecule has 0 aliphatic rings. The van der Waals surface area contributed by atoms with Crippen molar-refractivity contribution in [3.05, 3.63) is 23.3 Å². The Morgan fingerprint density at radius 3 is 2.39 bits per heavy atom. The molecule has 0 aliphatic heterocycles. The minimum atomic E-state index is -0.0941. The lowest BCUT2D eigenvalue weighted by Crippen LogP contribution is -2.24. The molecule has 0 aliphatic carbocycles. The summed E-state index contributed by atoms with van der Waals surface area (Å²) in [7, 11) is 0. The normalized spacial score (nSPS) is 15.5. The first-order valence-corrected chi connectivity index (χ1v) is 6.48. The van der Waals surface area contributed by atoms with Crippen LogP contribution in [0.5, 0.6) is 0 Å². The molecule has 0 spiro atoms. The van der Waals surface area contributed by atoms with Crippen LogP contribution in [0.1, 0.15) is 63.8 Å². The highest BCUT2D eigenvalue weighted by atomic mass is 16.5. The number of aromatic nitrogens is 2. The zero-order valence-electron chi connectivity index (χ0n) is 12.3. The third kappa shape index (κ3) is 3.50. The van der Waals surface area contributed by atoms with Gasteiger partial charge in [-0.15, -0.1) is 0 Å². The Bertz CT molecular complexity index is 397. The van der Waals surface area contributed by atoms with Crippen molar-refractivity contribution in [2.45, 2.75) is 53.7 Å². The van der Waals surface area contributed by atoms with Gasteiger partial charge >= 0.3 is 0 Å². The van der Waals surface area contributed by atoms with Gasteiger partial charge in [-0.05, 0) is 26.2 Å². The Morgan fingerprint density at radius 1 is 1.39 bits per heavy atom. The van der Waals surface area contributed by atoms with Gasteiger partial charge in [-0.3, -0.25) is 0 Å². The molecule has 4 heteroatoms. The summed E-state index contributed by atoms with van der Waals surface area (Å²) in [6.07, 6.45) is 1.73. The van der Waals surface area contributed by atoms with Gasteiger partial charge in [0.1, 0.15) is 6.10 Å². The fourth-order valence-electron chi connectivity index (χ4n) is 1.95. The summed E-state index contributed by atoms with van der Waals surface area (Å²) in [4.78, 5) is 8.99. The van der Waals surface area contributed by atoms with Crippen LogP contribution in [0.3, 0.4) is 0 Å². The van der Waals surface area contributed by atoms with Crippen molar-refractivity contribution in [2.75, 3.05) is 6.61 Å². The van der Waals surface area contributed by atoms with Crippen molar-refractivity contribution < 1.29 is 4.74 Å². The van der Waals surface area contributed by atoms with Crippen LogP contribution in [0.4, 0.5) is 0 Å². The molecule has 1 aromatic heterocycles. The molecule has 1 aromatic rings. The molecule has 4 nitrogen and oxygen atoms in total. The van der Waals surface area contributed by atoms with E-state index in [2.05, 4.69) is 30.7 Å². The number of nitrogens with zero attached hydrogens (tertiary/aromatic N) is 2. The molecule has 0 amide bonds. The Balaban J connectivity index is 3.11. The standard InChI is InChI=1S/C14H25N3O/c1-7-18-12(14(4,5)6)13-16-8-11(9(2)15)10(3)17-13/h8-9,12H,7,15H2,1-6H3/t9-,12?/m0/s1. The first kappa shape index (κ1) is 15.1. The van der Waals surface area contributed by atoms with Crippen molar-refractivity contribution in [1.29, 1.82) is 0 Å². The number of ether oxygens (including phenoxy) is 1. The lowest BCUT2D eigenvalue weighted by molar-refractivity contribution is -0.0192. The van der Waals surface area contributed by atoms with Crippen LogP contribution in [0.25, 0.3) is 0 Å². The van der Waals surface area contributed by atoms with Gasteiger partial charge < -0.3 is 10.5 Å².